The highest BCUT2D eigenvalue weighted by atomic mass is 16.2. The van der Waals surface area contributed by atoms with Gasteiger partial charge in [0.1, 0.15) is 0 Å². The van der Waals surface area contributed by atoms with Gasteiger partial charge in [-0.3, -0.25) is 9.59 Å². The summed E-state index contributed by atoms with van der Waals surface area (Å²) >= 11 is 0. The zero-order valence-corrected chi connectivity index (χ0v) is 7.22. The van der Waals surface area contributed by atoms with Gasteiger partial charge in [-0.1, -0.05) is 0 Å². The van der Waals surface area contributed by atoms with Crippen molar-refractivity contribution in [3.05, 3.63) is 0 Å². The van der Waals surface area contributed by atoms with Gasteiger partial charge in [-0.2, -0.15) is 0 Å². The molecule has 4 N–H and O–H groups in total. The summed E-state index contributed by atoms with van der Waals surface area (Å²) in [7, 11) is 1.77. The van der Waals surface area contributed by atoms with E-state index in [1.165, 1.54) is 0 Å². The maximum absolute atomic E-state index is 10.9. The summed E-state index contributed by atoms with van der Waals surface area (Å²) in [6.07, 6.45) is 0.626. The number of rotatable bonds is 6. The summed E-state index contributed by atoms with van der Waals surface area (Å²) < 4.78 is 0. The van der Waals surface area contributed by atoms with Gasteiger partial charge in [-0.05, 0) is 7.05 Å². The van der Waals surface area contributed by atoms with Crippen molar-refractivity contribution < 1.29 is 9.59 Å². The lowest BCUT2D eigenvalue weighted by atomic mass is 10.3. The number of nitrogens with one attached hydrogen (secondary N) is 2. The van der Waals surface area contributed by atoms with E-state index in [0.717, 1.165) is 0 Å². The molecule has 5 nitrogen and oxygen atoms in total. The van der Waals surface area contributed by atoms with Crippen LogP contribution in [0.15, 0.2) is 0 Å². The molecular formula is C7H15N3O2. The van der Waals surface area contributed by atoms with Crippen molar-refractivity contribution in [3.63, 3.8) is 0 Å². The van der Waals surface area contributed by atoms with E-state index in [1.54, 1.807) is 7.05 Å². The SMILES string of the molecule is CNCCC(=O)NCCC(N)=O. The number of nitrogens with two attached hydrogens (primary N) is 1. The van der Waals surface area contributed by atoms with Crippen LogP contribution in [-0.4, -0.2) is 32.0 Å². The molecule has 12 heavy (non-hydrogen) atoms. The van der Waals surface area contributed by atoms with E-state index in [9.17, 15) is 9.59 Å². The van der Waals surface area contributed by atoms with Gasteiger partial charge < -0.3 is 16.4 Å². The average Bonchev–Trinajstić information content (AvgIpc) is 2.00. The predicted octanol–water partition coefficient (Wildman–Crippen LogP) is -1.41. The van der Waals surface area contributed by atoms with E-state index >= 15 is 0 Å². The van der Waals surface area contributed by atoms with E-state index in [4.69, 9.17) is 5.73 Å². The highest BCUT2D eigenvalue weighted by Gasteiger charge is 1.99. The Kier molecular flexibility index (Phi) is 6.00. The average molecular weight is 173 g/mol. The van der Waals surface area contributed by atoms with Gasteiger partial charge in [0.15, 0.2) is 0 Å². The molecule has 0 unspecified atom stereocenters. The number of amides is 2. The quantitative estimate of drug-likeness (QED) is 0.461. The minimum Gasteiger partial charge on any atom is -0.370 e. The highest BCUT2D eigenvalue weighted by Crippen LogP contribution is 1.78. The zero-order chi connectivity index (χ0) is 9.40. The summed E-state index contributed by atoms with van der Waals surface area (Å²) in [5, 5.41) is 5.41. The molecular weight excluding hydrogens is 158 g/mol. The topological polar surface area (TPSA) is 84.2 Å². The lowest BCUT2D eigenvalue weighted by molar-refractivity contribution is -0.121. The molecule has 0 aliphatic heterocycles. The van der Waals surface area contributed by atoms with Crippen LogP contribution in [0.4, 0.5) is 0 Å². The normalized spacial score (nSPS) is 9.42. The molecule has 0 aliphatic carbocycles. The van der Waals surface area contributed by atoms with Crippen LogP contribution in [0.3, 0.4) is 0 Å². The van der Waals surface area contributed by atoms with Crippen molar-refractivity contribution in [2.75, 3.05) is 20.1 Å². The monoisotopic (exact) mass is 173 g/mol. The fourth-order valence-electron chi connectivity index (χ4n) is 0.652. The molecule has 0 bridgehead atoms. The van der Waals surface area contributed by atoms with Gasteiger partial charge in [-0.15, -0.1) is 0 Å². The van der Waals surface area contributed by atoms with Crippen LogP contribution in [0.2, 0.25) is 0 Å². The second-order valence-electron chi connectivity index (χ2n) is 2.42. The van der Waals surface area contributed by atoms with Crippen molar-refractivity contribution in [1.82, 2.24) is 10.6 Å². The van der Waals surface area contributed by atoms with Gasteiger partial charge in [0.25, 0.3) is 0 Å². The fraction of sp³-hybridized carbons (Fsp3) is 0.714. The molecule has 0 aromatic rings. The Bertz CT molecular complexity index is 159. The maximum atomic E-state index is 10.9. The van der Waals surface area contributed by atoms with Crippen LogP contribution >= 0.6 is 0 Å². The van der Waals surface area contributed by atoms with Gasteiger partial charge in [0.05, 0.1) is 0 Å². The summed E-state index contributed by atoms with van der Waals surface area (Å²) in [6, 6.07) is 0. The smallest absolute Gasteiger partial charge is 0.221 e. The lowest BCUT2D eigenvalue weighted by Gasteiger charge is -2.02. The molecule has 0 rings (SSSR count). The van der Waals surface area contributed by atoms with E-state index < -0.39 is 5.91 Å². The largest absolute Gasteiger partial charge is 0.370 e. The van der Waals surface area contributed by atoms with Gasteiger partial charge >= 0.3 is 0 Å². The Balaban J connectivity index is 3.25. The summed E-state index contributed by atoms with van der Waals surface area (Å²) in [5.74, 6) is -0.463. The van der Waals surface area contributed by atoms with Crippen LogP contribution in [0.25, 0.3) is 0 Å². The number of carbonyl (C=O) groups excluding carboxylic acids is 2. The molecule has 0 radical (unpaired) electrons. The molecule has 0 spiro atoms. The second-order valence-corrected chi connectivity index (χ2v) is 2.42. The number of hydrogen-bond donors (Lipinski definition) is 3. The summed E-state index contributed by atoms with van der Waals surface area (Å²) in [5.41, 5.74) is 4.88. The lowest BCUT2D eigenvalue weighted by Crippen LogP contribution is -2.29. The van der Waals surface area contributed by atoms with Crippen molar-refractivity contribution in [2.24, 2.45) is 5.73 Å². The molecule has 0 fully saturated rings. The molecule has 70 valence electrons. The third-order valence-electron chi connectivity index (χ3n) is 1.30. The Hall–Kier alpha value is -1.10. The first kappa shape index (κ1) is 10.9. The minimum absolute atomic E-state index is 0.0643. The van der Waals surface area contributed by atoms with E-state index in [1.807, 2.05) is 0 Å². The van der Waals surface area contributed by atoms with Crippen molar-refractivity contribution in [3.8, 4) is 0 Å². The Labute approximate surface area is 71.7 Å². The third-order valence-corrected chi connectivity index (χ3v) is 1.30. The molecule has 0 aliphatic rings. The predicted molar refractivity (Wildman–Crippen MR) is 45.4 cm³/mol. The molecule has 0 saturated carbocycles. The first-order chi connectivity index (χ1) is 5.66. The minimum atomic E-state index is -0.399. The molecule has 2 amide bonds. The second kappa shape index (κ2) is 6.60. The van der Waals surface area contributed by atoms with Crippen molar-refractivity contribution >= 4 is 11.8 Å². The van der Waals surface area contributed by atoms with Crippen LogP contribution < -0.4 is 16.4 Å². The first-order valence-electron chi connectivity index (χ1n) is 3.86. The van der Waals surface area contributed by atoms with Crippen LogP contribution in [0.5, 0.6) is 0 Å². The summed E-state index contributed by atoms with van der Waals surface area (Å²) in [4.78, 5) is 21.1. The van der Waals surface area contributed by atoms with Crippen LogP contribution in [0, 0.1) is 0 Å². The Morgan fingerprint density at radius 3 is 2.42 bits per heavy atom. The molecule has 0 aromatic heterocycles. The van der Waals surface area contributed by atoms with E-state index in [2.05, 4.69) is 10.6 Å². The molecule has 5 heteroatoms. The molecule has 0 saturated heterocycles. The number of primary amides is 1. The van der Waals surface area contributed by atoms with Gasteiger partial charge in [-0.25, -0.2) is 0 Å². The molecule has 0 atom stereocenters. The Morgan fingerprint density at radius 1 is 1.25 bits per heavy atom. The fourth-order valence-corrected chi connectivity index (χ4v) is 0.652. The van der Waals surface area contributed by atoms with Gasteiger partial charge in [0, 0.05) is 25.9 Å². The maximum Gasteiger partial charge on any atom is 0.221 e. The standard InChI is InChI=1S/C7H15N3O2/c1-9-4-3-7(12)10-5-2-6(8)11/h9H,2-5H2,1H3,(H2,8,11)(H,10,12). The van der Waals surface area contributed by atoms with Crippen molar-refractivity contribution in [1.29, 1.82) is 0 Å². The number of carbonyl (C=O) groups is 2. The summed E-state index contributed by atoms with van der Waals surface area (Å²) in [6.45, 7) is 0.973. The van der Waals surface area contributed by atoms with E-state index in [0.29, 0.717) is 19.5 Å². The zero-order valence-electron chi connectivity index (χ0n) is 7.22. The Morgan fingerprint density at radius 2 is 1.92 bits per heavy atom. The third kappa shape index (κ3) is 7.01. The van der Waals surface area contributed by atoms with Crippen LogP contribution in [-0.2, 0) is 9.59 Å². The number of hydrogen-bond acceptors (Lipinski definition) is 3. The highest BCUT2D eigenvalue weighted by molar-refractivity contribution is 5.78. The van der Waals surface area contributed by atoms with Crippen LogP contribution in [0.1, 0.15) is 12.8 Å². The van der Waals surface area contributed by atoms with Crippen molar-refractivity contribution in [2.45, 2.75) is 12.8 Å². The van der Waals surface area contributed by atoms with Gasteiger partial charge in [0.2, 0.25) is 11.8 Å². The molecule has 0 heterocycles. The molecule has 0 aromatic carbocycles. The first-order valence-corrected chi connectivity index (χ1v) is 3.86. The van der Waals surface area contributed by atoms with E-state index in [-0.39, 0.29) is 12.3 Å².